The van der Waals surface area contributed by atoms with Crippen LogP contribution in [0.1, 0.15) is 278 Å². The van der Waals surface area contributed by atoms with Gasteiger partial charge in [0.15, 0.2) is 6.10 Å². The molecule has 0 spiro atoms. The Hall–Kier alpha value is -2.89. The fourth-order valence-electron chi connectivity index (χ4n) is 7.74. The first-order valence-electron chi connectivity index (χ1n) is 27.8. The van der Waals surface area contributed by atoms with E-state index in [1.165, 1.54) is 173 Å². The molecule has 0 fully saturated rings. The molecule has 0 heterocycles. The first-order chi connectivity index (χ1) is 32.0. The molecule has 0 amide bonds. The van der Waals surface area contributed by atoms with Crippen molar-refractivity contribution in [3.8, 4) is 0 Å². The fraction of sp³-hybridized carbons (Fsp3) is 0.780. The predicted molar refractivity (Wildman–Crippen MR) is 279 cm³/mol. The van der Waals surface area contributed by atoms with E-state index in [0.29, 0.717) is 19.3 Å². The van der Waals surface area contributed by atoms with Crippen LogP contribution in [-0.2, 0) is 28.6 Å². The first-order valence-corrected chi connectivity index (χ1v) is 27.8. The zero-order chi connectivity index (χ0) is 47.2. The number of hydrogen-bond donors (Lipinski definition) is 0. The second-order valence-corrected chi connectivity index (χ2v) is 18.5. The smallest absolute Gasteiger partial charge is 0.306 e. The van der Waals surface area contributed by atoms with Gasteiger partial charge in [-0.2, -0.15) is 0 Å². The second-order valence-electron chi connectivity index (χ2n) is 18.5. The maximum absolute atomic E-state index is 12.8. The summed E-state index contributed by atoms with van der Waals surface area (Å²) in [7, 11) is 0. The largest absolute Gasteiger partial charge is 0.462 e. The van der Waals surface area contributed by atoms with Gasteiger partial charge in [0.25, 0.3) is 0 Å². The minimum absolute atomic E-state index is 0.0930. The highest BCUT2D eigenvalue weighted by atomic mass is 16.6. The summed E-state index contributed by atoms with van der Waals surface area (Å²) >= 11 is 0. The molecule has 0 unspecified atom stereocenters. The second kappa shape index (κ2) is 53.7. The minimum Gasteiger partial charge on any atom is -0.462 e. The van der Waals surface area contributed by atoms with Crippen LogP contribution in [0.3, 0.4) is 0 Å². The van der Waals surface area contributed by atoms with Crippen molar-refractivity contribution >= 4 is 17.9 Å². The van der Waals surface area contributed by atoms with E-state index >= 15 is 0 Å². The summed E-state index contributed by atoms with van der Waals surface area (Å²) in [6, 6.07) is 0. The standard InChI is InChI=1S/C59H104O6/c1-4-7-10-13-16-19-22-25-28-29-32-34-37-40-43-46-49-52-58(61)64-55-56(65-59(62)53-50-47-44-41-38-35-31-27-24-21-18-15-12-9-6-3)54-63-57(60)51-48-45-42-39-36-33-30-26-23-20-17-14-11-8-5-2/h20-21,23-25,28,32,34,40,43,56H,4-19,22,26-27,29-31,33,35-39,41-42,44-55H2,1-3H3/b23-20-,24-21-,28-25-,34-32-,43-40-/t56-/m0/s1. The van der Waals surface area contributed by atoms with E-state index in [1.54, 1.807) is 0 Å². The molecule has 0 aliphatic carbocycles. The molecule has 0 rings (SSSR count). The van der Waals surface area contributed by atoms with Gasteiger partial charge in [-0.15, -0.1) is 0 Å². The van der Waals surface area contributed by atoms with E-state index in [1.807, 2.05) is 0 Å². The number of hydrogen-bond acceptors (Lipinski definition) is 6. The fourth-order valence-corrected chi connectivity index (χ4v) is 7.74. The van der Waals surface area contributed by atoms with Gasteiger partial charge >= 0.3 is 17.9 Å². The number of ether oxygens (including phenoxy) is 3. The molecule has 1 atom stereocenters. The summed E-state index contributed by atoms with van der Waals surface area (Å²) in [4.78, 5) is 38.1. The molecule has 0 aliphatic rings. The van der Waals surface area contributed by atoms with Gasteiger partial charge in [0.05, 0.1) is 0 Å². The van der Waals surface area contributed by atoms with Gasteiger partial charge < -0.3 is 14.2 Å². The summed E-state index contributed by atoms with van der Waals surface area (Å²) in [5, 5.41) is 0. The third-order valence-corrected chi connectivity index (χ3v) is 12.0. The van der Waals surface area contributed by atoms with Crippen LogP contribution in [0.4, 0.5) is 0 Å². The maximum Gasteiger partial charge on any atom is 0.306 e. The Balaban J connectivity index is 4.45. The van der Waals surface area contributed by atoms with Gasteiger partial charge in [-0.1, -0.05) is 216 Å². The van der Waals surface area contributed by atoms with Gasteiger partial charge in [0.2, 0.25) is 0 Å². The Labute approximate surface area is 402 Å². The molecular weight excluding hydrogens is 805 g/mol. The third kappa shape index (κ3) is 51.9. The van der Waals surface area contributed by atoms with Crippen molar-refractivity contribution in [1.82, 2.24) is 0 Å². The van der Waals surface area contributed by atoms with Crippen LogP contribution in [0.5, 0.6) is 0 Å². The Morgan fingerprint density at radius 1 is 0.308 bits per heavy atom. The summed E-state index contributed by atoms with van der Waals surface area (Å²) in [6.07, 6.45) is 66.4. The van der Waals surface area contributed by atoms with E-state index in [0.717, 1.165) is 57.8 Å². The normalized spacial score (nSPS) is 12.5. The summed E-state index contributed by atoms with van der Waals surface area (Å²) in [5.74, 6) is -0.949. The average Bonchev–Trinajstić information content (AvgIpc) is 3.30. The molecule has 0 aromatic carbocycles. The van der Waals surface area contributed by atoms with Crippen LogP contribution >= 0.6 is 0 Å². The van der Waals surface area contributed by atoms with Crippen molar-refractivity contribution in [2.75, 3.05) is 13.2 Å². The molecule has 0 bridgehead atoms. The van der Waals surface area contributed by atoms with Gasteiger partial charge in [-0.3, -0.25) is 14.4 Å². The van der Waals surface area contributed by atoms with Crippen LogP contribution in [0.25, 0.3) is 0 Å². The van der Waals surface area contributed by atoms with E-state index in [9.17, 15) is 14.4 Å². The molecule has 0 aromatic heterocycles. The molecule has 0 aliphatic heterocycles. The molecule has 0 saturated carbocycles. The molecule has 0 aromatic rings. The molecule has 6 heteroatoms. The molecule has 0 saturated heterocycles. The summed E-state index contributed by atoms with van der Waals surface area (Å²) in [5.41, 5.74) is 0. The number of esters is 3. The van der Waals surface area contributed by atoms with E-state index in [2.05, 4.69) is 81.5 Å². The van der Waals surface area contributed by atoms with E-state index in [4.69, 9.17) is 14.2 Å². The Bertz CT molecular complexity index is 1180. The lowest BCUT2D eigenvalue weighted by Gasteiger charge is -2.18. The number of rotatable bonds is 50. The molecule has 376 valence electrons. The molecule has 0 N–H and O–H groups in total. The molecule has 65 heavy (non-hydrogen) atoms. The highest BCUT2D eigenvalue weighted by Crippen LogP contribution is 2.14. The number of allylic oxidation sites excluding steroid dienone is 10. The number of carbonyl (C=O) groups excluding carboxylic acids is 3. The quantitative estimate of drug-likeness (QED) is 0.0262. The molecule has 0 radical (unpaired) electrons. The van der Waals surface area contributed by atoms with Crippen LogP contribution in [0.15, 0.2) is 60.8 Å². The van der Waals surface area contributed by atoms with Crippen molar-refractivity contribution in [2.45, 2.75) is 284 Å². The number of carbonyl (C=O) groups is 3. The van der Waals surface area contributed by atoms with Gasteiger partial charge in [0, 0.05) is 19.3 Å². The highest BCUT2D eigenvalue weighted by Gasteiger charge is 2.19. The van der Waals surface area contributed by atoms with Gasteiger partial charge in [-0.25, -0.2) is 0 Å². The Kier molecular flexibility index (Phi) is 51.3. The van der Waals surface area contributed by atoms with Crippen molar-refractivity contribution in [3.63, 3.8) is 0 Å². The van der Waals surface area contributed by atoms with Crippen molar-refractivity contribution < 1.29 is 28.6 Å². The van der Waals surface area contributed by atoms with Crippen molar-refractivity contribution in [1.29, 1.82) is 0 Å². The van der Waals surface area contributed by atoms with Crippen LogP contribution in [0.2, 0.25) is 0 Å². The maximum atomic E-state index is 12.8. The lowest BCUT2D eigenvalue weighted by atomic mass is 10.1. The average molecular weight is 909 g/mol. The van der Waals surface area contributed by atoms with Crippen molar-refractivity contribution in [2.24, 2.45) is 0 Å². The first kappa shape index (κ1) is 62.1. The summed E-state index contributed by atoms with van der Waals surface area (Å²) < 4.78 is 16.8. The lowest BCUT2D eigenvalue weighted by molar-refractivity contribution is -0.167. The zero-order valence-electron chi connectivity index (χ0n) is 43.0. The topological polar surface area (TPSA) is 78.9 Å². The van der Waals surface area contributed by atoms with E-state index in [-0.39, 0.29) is 37.5 Å². The van der Waals surface area contributed by atoms with Gasteiger partial charge in [0.1, 0.15) is 13.2 Å². The SMILES string of the molecule is CCCCCC/C=C\CCCCCCCCCC(=O)OC[C@@H](COC(=O)CCC/C=C\C/C=C\C/C=C\CCCCCCCC)OC(=O)CCCCCCCCC/C=C\CCCCCC. The Morgan fingerprint density at radius 3 is 0.954 bits per heavy atom. The minimum atomic E-state index is -0.797. The summed E-state index contributed by atoms with van der Waals surface area (Å²) in [6.45, 7) is 6.57. The van der Waals surface area contributed by atoms with Crippen LogP contribution < -0.4 is 0 Å². The van der Waals surface area contributed by atoms with Gasteiger partial charge in [-0.05, 0) is 103 Å². The lowest BCUT2D eigenvalue weighted by Crippen LogP contribution is -2.30. The monoisotopic (exact) mass is 909 g/mol. The zero-order valence-corrected chi connectivity index (χ0v) is 43.0. The van der Waals surface area contributed by atoms with E-state index < -0.39 is 6.10 Å². The highest BCUT2D eigenvalue weighted by molar-refractivity contribution is 5.71. The Morgan fingerprint density at radius 2 is 0.569 bits per heavy atom. The van der Waals surface area contributed by atoms with Crippen LogP contribution in [0, 0.1) is 0 Å². The third-order valence-electron chi connectivity index (χ3n) is 12.0. The van der Waals surface area contributed by atoms with Crippen LogP contribution in [-0.4, -0.2) is 37.2 Å². The number of unbranched alkanes of at least 4 members (excludes halogenated alkanes) is 29. The van der Waals surface area contributed by atoms with Crippen molar-refractivity contribution in [3.05, 3.63) is 60.8 Å². The molecular formula is C59H104O6. The molecule has 6 nitrogen and oxygen atoms in total. The predicted octanol–water partition coefficient (Wildman–Crippen LogP) is 18.4.